The summed E-state index contributed by atoms with van der Waals surface area (Å²) in [5.74, 6) is 0.856. The van der Waals surface area contributed by atoms with E-state index in [0.29, 0.717) is 22.6 Å². The van der Waals surface area contributed by atoms with E-state index in [0.717, 1.165) is 29.9 Å². The number of Topliss-reactive ketones (excluding diaryl/α,β-unsaturated/α-hetero) is 1. The Kier molecular flexibility index (Phi) is 6.34. The van der Waals surface area contributed by atoms with E-state index in [4.69, 9.17) is 4.42 Å². The lowest BCUT2D eigenvalue weighted by atomic mass is 10.1. The molecule has 7 heteroatoms. The van der Waals surface area contributed by atoms with Crippen molar-refractivity contribution in [1.82, 2.24) is 14.8 Å². The van der Waals surface area contributed by atoms with Gasteiger partial charge >= 0.3 is 0 Å². The molecule has 2 heterocycles. The average Bonchev–Trinajstić information content (AvgIpc) is 3.23. The van der Waals surface area contributed by atoms with Crippen LogP contribution in [-0.2, 0) is 6.54 Å². The standard InChI is InChI=1S/C21H24FN3O2S/c1-13(2)9-10-25-14(3)11-18(15(25)4)19(26)12-28-21-24-23-20(27-21)16-5-7-17(22)8-6-16/h5-8,11,13H,9-10,12H2,1-4H3. The van der Waals surface area contributed by atoms with Crippen molar-refractivity contribution in [1.29, 1.82) is 0 Å². The molecule has 3 rings (SSSR count). The number of halogens is 1. The predicted octanol–water partition coefficient (Wildman–Crippen LogP) is 5.32. The van der Waals surface area contributed by atoms with Gasteiger partial charge in [-0.1, -0.05) is 25.6 Å². The molecule has 5 nitrogen and oxygen atoms in total. The Hall–Kier alpha value is -2.41. The van der Waals surface area contributed by atoms with E-state index in [-0.39, 0.29) is 17.4 Å². The molecule has 0 saturated heterocycles. The van der Waals surface area contributed by atoms with Gasteiger partial charge in [0.25, 0.3) is 5.22 Å². The maximum atomic E-state index is 13.0. The monoisotopic (exact) mass is 401 g/mol. The number of benzene rings is 1. The maximum absolute atomic E-state index is 13.0. The van der Waals surface area contributed by atoms with E-state index in [1.807, 2.05) is 19.9 Å². The largest absolute Gasteiger partial charge is 0.411 e. The molecule has 148 valence electrons. The van der Waals surface area contributed by atoms with E-state index < -0.39 is 0 Å². The van der Waals surface area contributed by atoms with Gasteiger partial charge < -0.3 is 8.98 Å². The van der Waals surface area contributed by atoms with Crippen LogP contribution in [0.2, 0.25) is 0 Å². The summed E-state index contributed by atoms with van der Waals surface area (Å²) in [5, 5.41) is 8.26. The number of nitrogens with zero attached hydrogens (tertiary/aromatic N) is 3. The molecular weight excluding hydrogens is 377 g/mol. The summed E-state index contributed by atoms with van der Waals surface area (Å²) in [6.45, 7) is 9.33. The van der Waals surface area contributed by atoms with Crippen molar-refractivity contribution < 1.29 is 13.6 Å². The molecule has 0 saturated carbocycles. The van der Waals surface area contributed by atoms with Crippen molar-refractivity contribution in [2.45, 2.75) is 45.9 Å². The number of ketones is 1. The van der Waals surface area contributed by atoms with Gasteiger partial charge in [-0.25, -0.2) is 4.39 Å². The van der Waals surface area contributed by atoms with Crippen molar-refractivity contribution in [2.75, 3.05) is 5.75 Å². The molecule has 0 aliphatic carbocycles. The smallest absolute Gasteiger partial charge is 0.277 e. The molecule has 0 bridgehead atoms. The van der Waals surface area contributed by atoms with Crippen LogP contribution in [0, 0.1) is 25.6 Å². The van der Waals surface area contributed by atoms with E-state index in [9.17, 15) is 9.18 Å². The number of carbonyl (C=O) groups excluding carboxylic acids is 1. The van der Waals surface area contributed by atoms with Gasteiger partial charge in [-0.05, 0) is 56.5 Å². The van der Waals surface area contributed by atoms with Gasteiger partial charge in [0.15, 0.2) is 5.78 Å². The van der Waals surface area contributed by atoms with Crippen LogP contribution in [0.4, 0.5) is 4.39 Å². The fourth-order valence-corrected chi connectivity index (χ4v) is 3.64. The third-order valence-corrected chi connectivity index (χ3v) is 5.45. The van der Waals surface area contributed by atoms with Gasteiger partial charge in [0.2, 0.25) is 5.89 Å². The lowest BCUT2D eigenvalue weighted by Crippen LogP contribution is -2.08. The Bertz CT molecular complexity index is 961. The lowest BCUT2D eigenvalue weighted by Gasteiger charge is -2.11. The highest BCUT2D eigenvalue weighted by atomic mass is 32.2. The molecule has 0 spiro atoms. The van der Waals surface area contributed by atoms with Crippen LogP contribution < -0.4 is 0 Å². The summed E-state index contributed by atoms with van der Waals surface area (Å²) in [6, 6.07) is 7.79. The van der Waals surface area contributed by atoms with Gasteiger partial charge in [-0.2, -0.15) is 0 Å². The highest BCUT2D eigenvalue weighted by Crippen LogP contribution is 2.25. The van der Waals surface area contributed by atoms with Crippen molar-refractivity contribution >= 4 is 17.5 Å². The zero-order valence-electron chi connectivity index (χ0n) is 16.5. The van der Waals surface area contributed by atoms with Gasteiger partial charge in [-0.15, -0.1) is 10.2 Å². The number of rotatable bonds is 8. The van der Waals surface area contributed by atoms with Crippen molar-refractivity contribution in [3.05, 3.63) is 53.1 Å². The first-order valence-electron chi connectivity index (χ1n) is 9.27. The Labute approximate surface area is 168 Å². The molecule has 3 aromatic rings. The number of hydrogen-bond donors (Lipinski definition) is 0. The van der Waals surface area contributed by atoms with Crippen LogP contribution in [-0.4, -0.2) is 26.3 Å². The molecule has 1 aromatic carbocycles. The van der Waals surface area contributed by atoms with Gasteiger partial charge in [0.1, 0.15) is 5.82 Å². The highest BCUT2D eigenvalue weighted by molar-refractivity contribution is 7.99. The summed E-state index contributed by atoms with van der Waals surface area (Å²) in [4.78, 5) is 12.7. The second-order valence-corrected chi connectivity index (χ2v) is 8.14. The highest BCUT2D eigenvalue weighted by Gasteiger charge is 2.18. The second-order valence-electron chi connectivity index (χ2n) is 7.21. The van der Waals surface area contributed by atoms with Crippen LogP contribution in [0.15, 0.2) is 40.0 Å². The zero-order chi connectivity index (χ0) is 20.3. The van der Waals surface area contributed by atoms with E-state index in [1.54, 1.807) is 12.1 Å². The van der Waals surface area contributed by atoms with Gasteiger partial charge in [0.05, 0.1) is 5.75 Å². The van der Waals surface area contributed by atoms with Crippen LogP contribution in [0.1, 0.15) is 42.0 Å². The molecule has 0 atom stereocenters. The minimum atomic E-state index is -0.325. The van der Waals surface area contributed by atoms with Crippen LogP contribution in [0.3, 0.4) is 0 Å². The average molecular weight is 402 g/mol. The fraction of sp³-hybridized carbons (Fsp3) is 0.381. The number of aryl methyl sites for hydroxylation is 1. The van der Waals surface area contributed by atoms with E-state index >= 15 is 0 Å². The summed E-state index contributed by atoms with van der Waals surface area (Å²) < 4.78 is 20.8. The van der Waals surface area contributed by atoms with Crippen molar-refractivity contribution in [2.24, 2.45) is 5.92 Å². The van der Waals surface area contributed by atoms with Crippen LogP contribution in [0.25, 0.3) is 11.5 Å². The normalized spacial score (nSPS) is 11.4. The minimum Gasteiger partial charge on any atom is -0.411 e. The summed E-state index contributed by atoms with van der Waals surface area (Å²) in [7, 11) is 0. The van der Waals surface area contributed by atoms with Crippen LogP contribution in [0.5, 0.6) is 0 Å². The third-order valence-electron chi connectivity index (χ3n) is 4.63. The first-order valence-corrected chi connectivity index (χ1v) is 10.3. The number of hydrogen-bond acceptors (Lipinski definition) is 5. The summed E-state index contributed by atoms with van der Waals surface area (Å²) in [5.41, 5.74) is 3.48. The SMILES string of the molecule is Cc1cc(C(=O)CSc2nnc(-c3ccc(F)cc3)o2)c(C)n1CCC(C)C. The number of carbonyl (C=O) groups is 1. The molecule has 0 fully saturated rings. The molecule has 0 radical (unpaired) electrons. The Morgan fingerprint density at radius 3 is 2.61 bits per heavy atom. The maximum Gasteiger partial charge on any atom is 0.277 e. The Balaban J connectivity index is 1.65. The topological polar surface area (TPSA) is 60.9 Å². The van der Waals surface area contributed by atoms with Gasteiger partial charge in [-0.3, -0.25) is 4.79 Å². The molecule has 0 aliphatic heterocycles. The molecule has 0 unspecified atom stereocenters. The Morgan fingerprint density at radius 1 is 1.21 bits per heavy atom. The van der Waals surface area contributed by atoms with E-state index in [1.165, 1.54) is 23.9 Å². The van der Waals surface area contributed by atoms with E-state index in [2.05, 4.69) is 28.6 Å². The lowest BCUT2D eigenvalue weighted by molar-refractivity contribution is 0.102. The molecular formula is C21H24FN3O2S. The third kappa shape index (κ3) is 4.70. The summed E-state index contributed by atoms with van der Waals surface area (Å²) >= 11 is 1.21. The van der Waals surface area contributed by atoms with Crippen molar-refractivity contribution in [3.8, 4) is 11.5 Å². The Morgan fingerprint density at radius 2 is 1.93 bits per heavy atom. The predicted molar refractivity (Wildman–Crippen MR) is 108 cm³/mol. The van der Waals surface area contributed by atoms with Crippen LogP contribution >= 0.6 is 11.8 Å². The number of thioether (sulfide) groups is 1. The molecule has 28 heavy (non-hydrogen) atoms. The first kappa shape index (κ1) is 20.3. The molecule has 0 amide bonds. The van der Waals surface area contributed by atoms with Gasteiger partial charge in [0, 0.05) is 29.1 Å². The quantitative estimate of drug-likeness (QED) is 0.378. The first-order chi connectivity index (χ1) is 13.3. The molecule has 0 N–H and O–H groups in total. The molecule has 0 aliphatic rings. The summed E-state index contributed by atoms with van der Waals surface area (Å²) in [6.07, 6.45) is 1.08. The molecule has 2 aromatic heterocycles. The number of aromatic nitrogens is 3. The van der Waals surface area contributed by atoms with Crippen molar-refractivity contribution in [3.63, 3.8) is 0 Å². The zero-order valence-corrected chi connectivity index (χ0v) is 17.3. The minimum absolute atomic E-state index is 0.0374. The second kappa shape index (κ2) is 8.73. The fourth-order valence-electron chi connectivity index (χ4n) is 3.00.